The highest BCUT2D eigenvalue weighted by Gasteiger charge is 2.53. The number of carbonyl (C=O) groups excluding carboxylic acids is 4. The molecule has 3 N–H and O–H groups in total. The summed E-state index contributed by atoms with van der Waals surface area (Å²) in [6.45, 7) is 0.420. The first-order valence-corrected chi connectivity index (χ1v) is 10.7. The van der Waals surface area contributed by atoms with Crippen LogP contribution in [0.25, 0.3) is 0 Å². The number of benzene rings is 2. The van der Waals surface area contributed by atoms with Crippen molar-refractivity contribution in [3.8, 4) is 0 Å². The highest BCUT2D eigenvalue weighted by atomic mass is 16.2. The Hall–Kier alpha value is -3.68. The molecule has 5 amide bonds. The van der Waals surface area contributed by atoms with Crippen LogP contribution in [0.1, 0.15) is 24.0 Å². The Balaban J connectivity index is 1.55. The number of hydrogen-bond donors (Lipinski definition) is 2. The van der Waals surface area contributed by atoms with Crippen LogP contribution in [0.5, 0.6) is 0 Å². The fourth-order valence-corrected chi connectivity index (χ4v) is 4.46. The molecule has 166 valence electrons. The van der Waals surface area contributed by atoms with Crippen molar-refractivity contribution in [3.63, 3.8) is 0 Å². The lowest BCUT2D eigenvalue weighted by Crippen LogP contribution is -2.48. The van der Waals surface area contributed by atoms with E-state index in [1.165, 1.54) is 0 Å². The number of amides is 5. The molecule has 0 unspecified atom stereocenters. The zero-order chi connectivity index (χ0) is 22.7. The van der Waals surface area contributed by atoms with Gasteiger partial charge in [0.05, 0.1) is 0 Å². The largest absolute Gasteiger partial charge is 0.369 e. The summed E-state index contributed by atoms with van der Waals surface area (Å²) < 4.78 is 0. The number of nitrogens with one attached hydrogen (secondary N) is 1. The molecule has 0 radical (unpaired) electrons. The van der Waals surface area contributed by atoms with E-state index in [2.05, 4.69) is 5.32 Å². The highest BCUT2D eigenvalue weighted by Crippen LogP contribution is 2.33. The SMILES string of the molecule is NC(=O)C1CCN(C(=O)CN2C(=O)N[C@](Cc3ccccc3)(c3ccccc3)C2=O)CC1. The van der Waals surface area contributed by atoms with E-state index in [1.807, 2.05) is 48.5 Å². The first-order valence-electron chi connectivity index (χ1n) is 10.7. The Morgan fingerprint density at radius 2 is 1.56 bits per heavy atom. The minimum absolute atomic E-state index is 0.243. The van der Waals surface area contributed by atoms with Crippen molar-refractivity contribution in [3.05, 3.63) is 71.8 Å². The molecule has 2 aliphatic heterocycles. The number of likely N-dealkylation sites (tertiary alicyclic amines) is 1. The third kappa shape index (κ3) is 4.08. The molecular formula is C24H26N4O4. The highest BCUT2D eigenvalue weighted by molar-refractivity contribution is 6.09. The molecule has 0 spiro atoms. The van der Waals surface area contributed by atoms with Gasteiger partial charge in [-0.05, 0) is 24.0 Å². The number of nitrogens with zero attached hydrogens (tertiary/aromatic N) is 2. The minimum atomic E-state index is -1.28. The van der Waals surface area contributed by atoms with Gasteiger partial charge in [-0.15, -0.1) is 0 Å². The number of primary amides is 1. The Bertz CT molecular complexity index is 1020. The van der Waals surface area contributed by atoms with E-state index in [4.69, 9.17) is 5.73 Å². The topological polar surface area (TPSA) is 113 Å². The monoisotopic (exact) mass is 434 g/mol. The van der Waals surface area contributed by atoms with Gasteiger partial charge in [0.2, 0.25) is 11.8 Å². The number of hydrogen-bond acceptors (Lipinski definition) is 4. The van der Waals surface area contributed by atoms with Crippen LogP contribution < -0.4 is 11.1 Å². The summed E-state index contributed by atoms with van der Waals surface area (Å²) in [5.41, 5.74) is 5.64. The molecule has 2 fully saturated rings. The average molecular weight is 434 g/mol. The van der Waals surface area contributed by atoms with Crippen LogP contribution in [0.2, 0.25) is 0 Å². The van der Waals surface area contributed by atoms with Crippen LogP contribution in [0.4, 0.5) is 4.79 Å². The molecular weight excluding hydrogens is 408 g/mol. The van der Waals surface area contributed by atoms with E-state index in [9.17, 15) is 19.2 Å². The average Bonchev–Trinajstić information content (AvgIpc) is 3.05. The summed E-state index contributed by atoms with van der Waals surface area (Å²) in [5.74, 6) is -1.37. The van der Waals surface area contributed by atoms with E-state index in [0.717, 1.165) is 10.5 Å². The van der Waals surface area contributed by atoms with Gasteiger partial charge in [0.25, 0.3) is 5.91 Å². The molecule has 32 heavy (non-hydrogen) atoms. The van der Waals surface area contributed by atoms with Gasteiger partial charge >= 0.3 is 6.03 Å². The third-order valence-corrected chi connectivity index (χ3v) is 6.30. The van der Waals surface area contributed by atoms with Crippen LogP contribution in [0.15, 0.2) is 60.7 Å². The Morgan fingerprint density at radius 1 is 0.969 bits per heavy atom. The molecule has 0 aliphatic carbocycles. The molecule has 4 rings (SSSR count). The van der Waals surface area contributed by atoms with Crippen molar-refractivity contribution in [1.82, 2.24) is 15.1 Å². The first kappa shape index (κ1) is 21.5. The number of piperidine rings is 1. The van der Waals surface area contributed by atoms with Gasteiger partial charge in [-0.25, -0.2) is 4.79 Å². The minimum Gasteiger partial charge on any atom is -0.369 e. The van der Waals surface area contributed by atoms with Crippen LogP contribution in [-0.2, 0) is 26.3 Å². The summed E-state index contributed by atoms with van der Waals surface area (Å²) >= 11 is 0. The lowest BCUT2D eigenvalue weighted by Gasteiger charge is -2.31. The summed E-state index contributed by atoms with van der Waals surface area (Å²) in [4.78, 5) is 53.3. The molecule has 2 aromatic rings. The predicted molar refractivity (Wildman–Crippen MR) is 117 cm³/mol. The van der Waals surface area contributed by atoms with Crippen LogP contribution in [0.3, 0.4) is 0 Å². The van der Waals surface area contributed by atoms with Gasteiger partial charge in [-0.2, -0.15) is 0 Å². The van der Waals surface area contributed by atoms with Gasteiger partial charge in [0.1, 0.15) is 6.54 Å². The predicted octanol–water partition coefficient (Wildman–Crippen LogP) is 1.40. The Labute approximate surface area is 186 Å². The standard InChI is InChI=1S/C24H26N4O4/c25-21(30)18-11-13-27(14-12-18)20(29)16-28-22(31)24(26-23(28)32,19-9-5-2-6-10-19)15-17-7-3-1-4-8-17/h1-10,18H,11-16H2,(H2,25,30)(H,26,32)/t24-/m1/s1. The van der Waals surface area contributed by atoms with Crippen molar-refractivity contribution >= 4 is 23.8 Å². The number of carbonyl (C=O) groups is 4. The number of nitrogens with two attached hydrogens (primary N) is 1. The van der Waals surface area contributed by atoms with Crippen LogP contribution in [-0.4, -0.2) is 53.2 Å². The van der Waals surface area contributed by atoms with E-state index < -0.39 is 17.5 Å². The molecule has 0 bridgehead atoms. The number of rotatable bonds is 6. The van der Waals surface area contributed by atoms with E-state index >= 15 is 0 Å². The first-order chi connectivity index (χ1) is 15.4. The quantitative estimate of drug-likeness (QED) is 0.669. The lowest BCUT2D eigenvalue weighted by molar-refractivity contribution is -0.140. The maximum Gasteiger partial charge on any atom is 0.325 e. The lowest BCUT2D eigenvalue weighted by atomic mass is 9.83. The van der Waals surface area contributed by atoms with Crippen LogP contribution in [0, 0.1) is 5.92 Å². The van der Waals surface area contributed by atoms with Crippen molar-refractivity contribution in [1.29, 1.82) is 0 Å². The smallest absolute Gasteiger partial charge is 0.325 e. The fraction of sp³-hybridized carbons (Fsp3) is 0.333. The summed E-state index contributed by atoms with van der Waals surface area (Å²) in [5, 5.41) is 2.87. The second kappa shape index (κ2) is 8.82. The maximum atomic E-state index is 13.6. The van der Waals surface area contributed by atoms with Gasteiger partial charge in [0, 0.05) is 25.4 Å². The van der Waals surface area contributed by atoms with Crippen molar-refractivity contribution in [2.75, 3.05) is 19.6 Å². The summed E-state index contributed by atoms with van der Waals surface area (Å²) in [6, 6.07) is 18.0. The van der Waals surface area contributed by atoms with Gasteiger partial charge in [-0.3, -0.25) is 19.3 Å². The van der Waals surface area contributed by atoms with Crippen molar-refractivity contribution < 1.29 is 19.2 Å². The molecule has 0 saturated carbocycles. The van der Waals surface area contributed by atoms with E-state index in [1.54, 1.807) is 17.0 Å². The van der Waals surface area contributed by atoms with Gasteiger partial charge < -0.3 is 16.0 Å². The zero-order valence-electron chi connectivity index (χ0n) is 17.7. The Kier molecular flexibility index (Phi) is 5.94. The van der Waals surface area contributed by atoms with Crippen molar-refractivity contribution in [2.24, 2.45) is 11.7 Å². The molecule has 1 atom stereocenters. The number of imide groups is 1. The summed E-state index contributed by atoms with van der Waals surface area (Å²) in [6.07, 6.45) is 1.25. The molecule has 8 nitrogen and oxygen atoms in total. The number of urea groups is 1. The fourth-order valence-electron chi connectivity index (χ4n) is 4.46. The second-order valence-electron chi connectivity index (χ2n) is 8.31. The molecule has 2 aromatic carbocycles. The van der Waals surface area contributed by atoms with E-state index in [-0.39, 0.29) is 30.7 Å². The molecule has 2 heterocycles. The normalized spacial score (nSPS) is 21.5. The molecule has 8 heteroatoms. The molecule has 0 aromatic heterocycles. The Morgan fingerprint density at radius 3 is 2.16 bits per heavy atom. The van der Waals surface area contributed by atoms with Crippen LogP contribution >= 0.6 is 0 Å². The maximum absolute atomic E-state index is 13.6. The van der Waals surface area contributed by atoms with Crippen molar-refractivity contribution in [2.45, 2.75) is 24.8 Å². The molecule has 2 aliphatic rings. The second-order valence-corrected chi connectivity index (χ2v) is 8.31. The zero-order valence-corrected chi connectivity index (χ0v) is 17.7. The van der Waals surface area contributed by atoms with E-state index in [0.29, 0.717) is 31.5 Å². The van der Waals surface area contributed by atoms with Gasteiger partial charge in [0.15, 0.2) is 5.54 Å². The summed E-state index contributed by atoms with van der Waals surface area (Å²) in [7, 11) is 0. The van der Waals surface area contributed by atoms with Gasteiger partial charge in [-0.1, -0.05) is 60.7 Å². The molecule has 2 saturated heterocycles. The third-order valence-electron chi connectivity index (χ3n) is 6.30.